The zero-order valence-corrected chi connectivity index (χ0v) is 13.2. The average Bonchev–Trinajstić information content (AvgIpc) is 3.31. The van der Waals surface area contributed by atoms with E-state index in [1.807, 2.05) is 43.3 Å². The second-order valence-corrected chi connectivity index (χ2v) is 5.96. The van der Waals surface area contributed by atoms with Crippen molar-refractivity contribution in [3.05, 3.63) is 63.6 Å². The van der Waals surface area contributed by atoms with E-state index in [-0.39, 0.29) is 11.9 Å². The lowest BCUT2D eigenvalue weighted by molar-refractivity contribution is 0.103. The van der Waals surface area contributed by atoms with Crippen LogP contribution in [0.2, 0.25) is 0 Å². The van der Waals surface area contributed by atoms with E-state index in [1.54, 1.807) is 6.07 Å². The zero-order chi connectivity index (χ0) is 14.8. The van der Waals surface area contributed by atoms with Crippen molar-refractivity contribution in [1.29, 1.82) is 0 Å². The Morgan fingerprint density at radius 3 is 2.67 bits per heavy atom. The fraction of sp³-hybridized carbons (Fsp3) is 0.235. The quantitative estimate of drug-likeness (QED) is 0.611. The minimum absolute atomic E-state index is 0.0185. The van der Waals surface area contributed by atoms with Crippen LogP contribution in [0.15, 0.2) is 46.9 Å². The number of carbonyl (C=O) groups excluding carboxylic acids is 1. The number of benzene rings is 2. The van der Waals surface area contributed by atoms with E-state index in [4.69, 9.17) is 9.47 Å². The average molecular weight is 347 g/mol. The first-order chi connectivity index (χ1) is 10.1. The van der Waals surface area contributed by atoms with Gasteiger partial charge < -0.3 is 9.47 Å². The molecule has 0 aliphatic carbocycles. The summed E-state index contributed by atoms with van der Waals surface area (Å²) in [6.07, 6.45) is 0.199. The number of carbonyl (C=O) groups is 1. The molecular weight excluding hydrogens is 332 g/mol. The number of ether oxygens (including phenoxy) is 2. The fourth-order valence-corrected chi connectivity index (χ4v) is 2.41. The lowest BCUT2D eigenvalue weighted by atomic mass is 10.0. The second kappa shape index (κ2) is 6.00. The standard InChI is InChI=1S/C17H15BrO3/c1-11-2-4-12(5-3-11)17(19)15-8-13(6-7-16(15)18)20-9-14-10-21-14/h2-8,14H,9-10H2,1H3. The van der Waals surface area contributed by atoms with E-state index in [9.17, 15) is 4.79 Å². The van der Waals surface area contributed by atoms with Crippen molar-refractivity contribution in [2.24, 2.45) is 0 Å². The molecule has 3 nitrogen and oxygen atoms in total. The van der Waals surface area contributed by atoms with Crippen LogP contribution in [0.4, 0.5) is 0 Å². The van der Waals surface area contributed by atoms with Crippen LogP contribution in [0.5, 0.6) is 5.75 Å². The third-order valence-electron chi connectivity index (χ3n) is 3.33. The first kappa shape index (κ1) is 14.3. The van der Waals surface area contributed by atoms with Crippen LogP contribution < -0.4 is 4.74 Å². The Morgan fingerprint density at radius 1 is 1.29 bits per heavy atom. The molecule has 1 aliphatic heterocycles. The summed E-state index contributed by atoms with van der Waals surface area (Å²) in [6, 6.07) is 13.0. The molecule has 0 saturated carbocycles. The van der Waals surface area contributed by atoms with Crippen LogP contribution in [-0.2, 0) is 4.74 Å². The van der Waals surface area contributed by atoms with E-state index in [1.165, 1.54) is 0 Å². The Balaban J connectivity index is 1.83. The smallest absolute Gasteiger partial charge is 0.194 e. The predicted octanol–water partition coefficient (Wildman–Crippen LogP) is 3.77. The van der Waals surface area contributed by atoms with Crippen LogP contribution >= 0.6 is 15.9 Å². The molecule has 1 fully saturated rings. The monoisotopic (exact) mass is 346 g/mol. The van der Waals surface area contributed by atoms with Gasteiger partial charge in [-0.3, -0.25) is 4.79 Å². The summed E-state index contributed by atoms with van der Waals surface area (Å²) in [5.74, 6) is 0.666. The van der Waals surface area contributed by atoms with E-state index in [0.717, 1.165) is 16.6 Å². The molecule has 0 bridgehead atoms. The normalized spacial score (nSPS) is 16.6. The number of ketones is 1. The fourth-order valence-electron chi connectivity index (χ4n) is 1.98. The summed E-state index contributed by atoms with van der Waals surface area (Å²) in [6.45, 7) is 3.28. The van der Waals surface area contributed by atoms with Crippen LogP contribution in [0, 0.1) is 6.92 Å². The van der Waals surface area contributed by atoms with Gasteiger partial charge in [0, 0.05) is 15.6 Å². The maximum atomic E-state index is 12.6. The molecule has 4 heteroatoms. The van der Waals surface area contributed by atoms with E-state index < -0.39 is 0 Å². The molecule has 0 aromatic heterocycles. The molecule has 0 radical (unpaired) electrons. The Morgan fingerprint density at radius 2 is 2.00 bits per heavy atom. The first-order valence-electron chi connectivity index (χ1n) is 6.79. The number of rotatable bonds is 5. The molecule has 1 saturated heterocycles. The predicted molar refractivity (Wildman–Crippen MR) is 84.0 cm³/mol. The zero-order valence-electron chi connectivity index (χ0n) is 11.6. The summed E-state index contributed by atoms with van der Waals surface area (Å²) in [7, 11) is 0. The molecule has 1 atom stereocenters. The highest BCUT2D eigenvalue weighted by Gasteiger charge is 2.23. The van der Waals surface area contributed by atoms with Crippen molar-refractivity contribution in [3.63, 3.8) is 0 Å². The topological polar surface area (TPSA) is 38.8 Å². The molecule has 0 N–H and O–H groups in total. The van der Waals surface area contributed by atoms with E-state index >= 15 is 0 Å². The lowest BCUT2D eigenvalue weighted by Gasteiger charge is -2.09. The second-order valence-electron chi connectivity index (χ2n) is 5.10. The van der Waals surface area contributed by atoms with Gasteiger partial charge >= 0.3 is 0 Å². The molecule has 2 aromatic rings. The Labute approximate surface area is 132 Å². The number of aryl methyl sites for hydroxylation is 1. The van der Waals surface area contributed by atoms with Crippen molar-refractivity contribution in [3.8, 4) is 5.75 Å². The number of hydrogen-bond acceptors (Lipinski definition) is 3. The molecule has 1 unspecified atom stereocenters. The van der Waals surface area contributed by atoms with Gasteiger partial charge in [0.2, 0.25) is 0 Å². The Hall–Kier alpha value is -1.65. The van der Waals surface area contributed by atoms with Crippen molar-refractivity contribution in [2.45, 2.75) is 13.0 Å². The van der Waals surface area contributed by atoms with Gasteiger partial charge in [-0.05, 0) is 25.1 Å². The number of hydrogen-bond donors (Lipinski definition) is 0. The third kappa shape index (κ3) is 3.52. The van der Waals surface area contributed by atoms with Crippen LogP contribution in [0.3, 0.4) is 0 Å². The van der Waals surface area contributed by atoms with Gasteiger partial charge in [-0.25, -0.2) is 0 Å². The molecule has 0 spiro atoms. The van der Waals surface area contributed by atoms with Crippen LogP contribution in [-0.4, -0.2) is 25.1 Å². The van der Waals surface area contributed by atoms with Gasteiger partial charge in [0.25, 0.3) is 0 Å². The van der Waals surface area contributed by atoms with Crippen LogP contribution in [0.25, 0.3) is 0 Å². The van der Waals surface area contributed by atoms with Gasteiger partial charge in [0.15, 0.2) is 5.78 Å². The summed E-state index contributed by atoms with van der Waals surface area (Å²) in [5.41, 5.74) is 2.41. The molecule has 0 amide bonds. The maximum absolute atomic E-state index is 12.6. The number of halogens is 1. The highest BCUT2D eigenvalue weighted by molar-refractivity contribution is 9.10. The molecule has 3 rings (SSSR count). The summed E-state index contributed by atoms with van der Waals surface area (Å²) in [5, 5.41) is 0. The summed E-state index contributed by atoms with van der Waals surface area (Å²) in [4.78, 5) is 12.6. The third-order valence-corrected chi connectivity index (χ3v) is 4.03. The van der Waals surface area contributed by atoms with Crippen LogP contribution in [0.1, 0.15) is 21.5 Å². The van der Waals surface area contributed by atoms with Gasteiger partial charge in [-0.2, -0.15) is 0 Å². The highest BCUT2D eigenvalue weighted by atomic mass is 79.9. The minimum atomic E-state index is -0.0185. The molecule has 2 aromatic carbocycles. The van der Waals surface area contributed by atoms with Crippen molar-refractivity contribution in [1.82, 2.24) is 0 Å². The number of epoxide rings is 1. The van der Waals surface area contributed by atoms with Crippen molar-refractivity contribution >= 4 is 21.7 Å². The first-order valence-corrected chi connectivity index (χ1v) is 7.58. The molecule has 1 heterocycles. The van der Waals surface area contributed by atoms with Crippen molar-refractivity contribution < 1.29 is 14.3 Å². The van der Waals surface area contributed by atoms with Gasteiger partial charge in [-0.15, -0.1) is 0 Å². The highest BCUT2D eigenvalue weighted by Crippen LogP contribution is 2.26. The largest absolute Gasteiger partial charge is 0.491 e. The lowest BCUT2D eigenvalue weighted by Crippen LogP contribution is -2.06. The molecular formula is C17H15BrO3. The summed E-state index contributed by atoms with van der Waals surface area (Å²) >= 11 is 3.43. The molecule has 21 heavy (non-hydrogen) atoms. The minimum Gasteiger partial charge on any atom is -0.491 e. The Bertz CT molecular complexity index is 660. The van der Waals surface area contributed by atoms with Crippen molar-refractivity contribution in [2.75, 3.05) is 13.2 Å². The molecule has 108 valence electrons. The summed E-state index contributed by atoms with van der Waals surface area (Å²) < 4.78 is 11.5. The maximum Gasteiger partial charge on any atom is 0.194 e. The van der Waals surface area contributed by atoms with Gasteiger partial charge in [-0.1, -0.05) is 45.8 Å². The van der Waals surface area contributed by atoms with Gasteiger partial charge in [0.05, 0.1) is 6.61 Å². The SMILES string of the molecule is Cc1ccc(C(=O)c2cc(OCC3CO3)ccc2Br)cc1. The van der Waals surface area contributed by atoms with E-state index in [2.05, 4.69) is 15.9 Å². The van der Waals surface area contributed by atoms with E-state index in [0.29, 0.717) is 23.5 Å². The van der Waals surface area contributed by atoms with Gasteiger partial charge in [0.1, 0.15) is 18.5 Å². The molecule has 1 aliphatic rings. The Kier molecular flexibility index (Phi) is 4.08.